The lowest BCUT2D eigenvalue weighted by Crippen LogP contribution is -2.34. The van der Waals surface area contributed by atoms with Crippen molar-refractivity contribution in [2.24, 2.45) is 0 Å². The van der Waals surface area contributed by atoms with E-state index in [0.29, 0.717) is 6.04 Å². The zero-order valence-corrected chi connectivity index (χ0v) is 12.6. The maximum Gasteiger partial charge on any atom is 0.119 e. The van der Waals surface area contributed by atoms with Crippen molar-refractivity contribution < 1.29 is 9.47 Å². The molecule has 1 rings (SSSR count). The van der Waals surface area contributed by atoms with Crippen molar-refractivity contribution in [2.75, 3.05) is 41.4 Å². The zero-order valence-electron chi connectivity index (χ0n) is 12.6. The molecule has 2 unspecified atom stereocenters. The molecular formula is C15H26N2O2. The maximum atomic E-state index is 5.29. The Labute approximate surface area is 116 Å². The highest BCUT2D eigenvalue weighted by Gasteiger charge is 2.14. The lowest BCUT2D eigenvalue weighted by Gasteiger charge is -2.26. The number of ether oxygens (including phenoxy) is 2. The fourth-order valence-electron chi connectivity index (χ4n) is 1.95. The van der Waals surface area contributed by atoms with Crippen LogP contribution in [0.1, 0.15) is 18.5 Å². The summed E-state index contributed by atoms with van der Waals surface area (Å²) in [6.07, 6.45) is 0.230. The first-order chi connectivity index (χ1) is 9.08. The molecule has 0 fully saturated rings. The average Bonchev–Trinajstić information content (AvgIpc) is 2.42. The van der Waals surface area contributed by atoms with E-state index in [9.17, 15) is 0 Å². The topological polar surface area (TPSA) is 33.7 Å². The normalized spacial score (nSPS) is 14.4. The standard InChI is InChI=1S/C15H26N2O2/c1-12(18-4)10-16-11-15(17(2)3)13-7-6-8-14(9-13)19-5/h6-9,12,15-16H,10-11H2,1-5H3. The molecule has 0 saturated heterocycles. The van der Waals surface area contributed by atoms with Crippen molar-refractivity contribution in [1.82, 2.24) is 10.2 Å². The summed E-state index contributed by atoms with van der Waals surface area (Å²) in [4.78, 5) is 2.21. The van der Waals surface area contributed by atoms with E-state index in [1.54, 1.807) is 14.2 Å². The third kappa shape index (κ3) is 5.19. The molecule has 1 aromatic carbocycles. The van der Waals surface area contributed by atoms with E-state index in [1.807, 2.05) is 12.1 Å². The molecule has 19 heavy (non-hydrogen) atoms. The van der Waals surface area contributed by atoms with Gasteiger partial charge in [-0.3, -0.25) is 0 Å². The highest BCUT2D eigenvalue weighted by molar-refractivity contribution is 5.30. The van der Waals surface area contributed by atoms with Crippen LogP contribution in [0.3, 0.4) is 0 Å². The number of likely N-dealkylation sites (N-methyl/N-ethyl adjacent to an activating group) is 1. The molecule has 1 aromatic rings. The van der Waals surface area contributed by atoms with E-state index in [2.05, 4.69) is 43.4 Å². The van der Waals surface area contributed by atoms with Crippen molar-refractivity contribution in [3.05, 3.63) is 29.8 Å². The Morgan fingerprint density at radius 1 is 1.21 bits per heavy atom. The van der Waals surface area contributed by atoms with Gasteiger partial charge in [-0.05, 0) is 38.7 Å². The van der Waals surface area contributed by atoms with Crippen LogP contribution in [-0.2, 0) is 4.74 Å². The predicted molar refractivity (Wildman–Crippen MR) is 78.8 cm³/mol. The molecule has 0 heterocycles. The smallest absolute Gasteiger partial charge is 0.119 e. The lowest BCUT2D eigenvalue weighted by molar-refractivity contribution is 0.115. The number of methoxy groups -OCH3 is 2. The first-order valence-electron chi connectivity index (χ1n) is 6.62. The van der Waals surface area contributed by atoms with Gasteiger partial charge in [-0.1, -0.05) is 12.1 Å². The van der Waals surface area contributed by atoms with Gasteiger partial charge in [-0.2, -0.15) is 0 Å². The third-order valence-electron chi connectivity index (χ3n) is 3.27. The third-order valence-corrected chi connectivity index (χ3v) is 3.27. The van der Waals surface area contributed by atoms with Gasteiger partial charge in [0.1, 0.15) is 5.75 Å². The van der Waals surface area contributed by atoms with Gasteiger partial charge in [-0.25, -0.2) is 0 Å². The van der Waals surface area contributed by atoms with Crippen LogP contribution in [0, 0.1) is 0 Å². The first-order valence-corrected chi connectivity index (χ1v) is 6.62. The van der Waals surface area contributed by atoms with Gasteiger partial charge < -0.3 is 19.7 Å². The Bertz CT molecular complexity index is 369. The Morgan fingerprint density at radius 3 is 2.53 bits per heavy atom. The van der Waals surface area contributed by atoms with Gasteiger partial charge in [0.2, 0.25) is 0 Å². The number of hydrogen-bond acceptors (Lipinski definition) is 4. The van der Waals surface area contributed by atoms with E-state index >= 15 is 0 Å². The summed E-state index contributed by atoms with van der Waals surface area (Å²) in [6, 6.07) is 8.54. The molecular weight excluding hydrogens is 240 g/mol. The summed E-state index contributed by atoms with van der Waals surface area (Å²) < 4.78 is 10.5. The Kier molecular flexibility index (Phi) is 6.84. The second-order valence-electron chi connectivity index (χ2n) is 4.96. The van der Waals surface area contributed by atoms with Crippen molar-refractivity contribution in [3.63, 3.8) is 0 Å². The molecule has 0 spiro atoms. The summed E-state index contributed by atoms with van der Waals surface area (Å²) >= 11 is 0. The van der Waals surface area contributed by atoms with Gasteiger partial charge in [0.05, 0.1) is 13.2 Å². The van der Waals surface area contributed by atoms with Gasteiger partial charge in [-0.15, -0.1) is 0 Å². The summed E-state index contributed by atoms with van der Waals surface area (Å²) in [5.41, 5.74) is 1.25. The number of rotatable bonds is 8. The van der Waals surface area contributed by atoms with Crippen LogP contribution < -0.4 is 10.1 Å². The van der Waals surface area contributed by atoms with Crippen LogP contribution in [0.2, 0.25) is 0 Å². The van der Waals surface area contributed by atoms with Crippen LogP contribution in [0.15, 0.2) is 24.3 Å². The number of nitrogens with zero attached hydrogens (tertiary/aromatic N) is 1. The van der Waals surface area contributed by atoms with E-state index in [0.717, 1.165) is 18.8 Å². The molecule has 0 saturated carbocycles. The highest BCUT2D eigenvalue weighted by Crippen LogP contribution is 2.21. The molecule has 0 aliphatic heterocycles. The van der Waals surface area contributed by atoms with Crippen LogP contribution in [0.4, 0.5) is 0 Å². The molecule has 0 bridgehead atoms. The quantitative estimate of drug-likeness (QED) is 0.779. The fourth-order valence-corrected chi connectivity index (χ4v) is 1.95. The Balaban J connectivity index is 2.66. The van der Waals surface area contributed by atoms with E-state index in [-0.39, 0.29) is 6.10 Å². The maximum absolute atomic E-state index is 5.29. The largest absolute Gasteiger partial charge is 0.497 e. The summed E-state index contributed by atoms with van der Waals surface area (Å²) in [5.74, 6) is 0.898. The van der Waals surface area contributed by atoms with Gasteiger partial charge in [0, 0.05) is 26.2 Å². The van der Waals surface area contributed by atoms with Crippen LogP contribution >= 0.6 is 0 Å². The molecule has 2 atom stereocenters. The van der Waals surface area contributed by atoms with E-state index < -0.39 is 0 Å². The van der Waals surface area contributed by atoms with Gasteiger partial charge >= 0.3 is 0 Å². The lowest BCUT2D eigenvalue weighted by atomic mass is 10.1. The molecule has 108 valence electrons. The molecule has 0 aromatic heterocycles. The second-order valence-corrected chi connectivity index (χ2v) is 4.96. The first kappa shape index (κ1) is 16.0. The highest BCUT2D eigenvalue weighted by atomic mass is 16.5. The minimum absolute atomic E-state index is 0.230. The van der Waals surface area contributed by atoms with Crippen molar-refractivity contribution in [2.45, 2.75) is 19.1 Å². The molecule has 0 aliphatic carbocycles. The Hall–Kier alpha value is -1.10. The molecule has 4 heteroatoms. The molecule has 0 amide bonds. The number of nitrogens with one attached hydrogen (secondary N) is 1. The molecule has 1 N–H and O–H groups in total. The fraction of sp³-hybridized carbons (Fsp3) is 0.600. The molecule has 0 radical (unpaired) electrons. The van der Waals surface area contributed by atoms with E-state index in [1.165, 1.54) is 5.56 Å². The van der Waals surface area contributed by atoms with Crippen molar-refractivity contribution in [1.29, 1.82) is 0 Å². The predicted octanol–water partition coefficient (Wildman–Crippen LogP) is 1.92. The Morgan fingerprint density at radius 2 is 1.95 bits per heavy atom. The second kappa shape index (κ2) is 8.15. The minimum atomic E-state index is 0.230. The number of hydrogen-bond donors (Lipinski definition) is 1. The van der Waals surface area contributed by atoms with Crippen molar-refractivity contribution >= 4 is 0 Å². The van der Waals surface area contributed by atoms with Gasteiger partial charge in [0.25, 0.3) is 0 Å². The SMILES string of the molecule is COc1cccc(C(CNCC(C)OC)N(C)C)c1. The monoisotopic (exact) mass is 266 g/mol. The average molecular weight is 266 g/mol. The molecule has 4 nitrogen and oxygen atoms in total. The van der Waals surface area contributed by atoms with Crippen LogP contribution in [0.25, 0.3) is 0 Å². The zero-order chi connectivity index (χ0) is 14.3. The van der Waals surface area contributed by atoms with Gasteiger partial charge in [0.15, 0.2) is 0 Å². The number of benzene rings is 1. The summed E-state index contributed by atoms with van der Waals surface area (Å²) in [6.45, 7) is 3.79. The van der Waals surface area contributed by atoms with E-state index in [4.69, 9.17) is 9.47 Å². The van der Waals surface area contributed by atoms with Crippen LogP contribution in [-0.4, -0.2) is 52.4 Å². The summed E-state index contributed by atoms with van der Waals surface area (Å²) in [5, 5.41) is 3.45. The van der Waals surface area contributed by atoms with Crippen molar-refractivity contribution in [3.8, 4) is 5.75 Å². The van der Waals surface area contributed by atoms with Crippen LogP contribution in [0.5, 0.6) is 5.75 Å². The summed E-state index contributed by atoms with van der Waals surface area (Å²) in [7, 11) is 7.61. The molecule has 0 aliphatic rings. The minimum Gasteiger partial charge on any atom is -0.497 e.